The molecule has 0 spiro atoms. The smallest absolute Gasteiger partial charge is 0.490 e. The zero-order chi connectivity index (χ0) is 21.7. The van der Waals surface area contributed by atoms with Crippen LogP contribution in [0.15, 0.2) is 48.5 Å². The molecule has 2 aromatic carbocycles. The first-order valence-corrected chi connectivity index (χ1v) is 9.62. The Morgan fingerprint density at radius 2 is 1.73 bits per heavy atom. The molecule has 5 nitrogen and oxygen atoms in total. The minimum atomic E-state index is -4.99. The summed E-state index contributed by atoms with van der Waals surface area (Å²) in [6, 6.07) is 16.4. The Bertz CT molecular complexity index is 905. The number of carbonyl (C=O) groups is 1. The Hall–Kier alpha value is -3.21. The third-order valence-corrected chi connectivity index (χ3v) is 5.08. The van der Waals surface area contributed by atoms with E-state index in [2.05, 4.69) is 10.8 Å². The highest BCUT2D eigenvalue weighted by Gasteiger charge is 2.39. The van der Waals surface area contributed by atoms with Gasteiger partial charge in [-0.15, -0.1) is 13.2 Å². The van der Waals surface area contributed by atoms with Crippen LogP contribution in [0, 0.1) is 11.3 Å². The van der Waals surface area contributed by atoms with Crippen molar-refractivity contribution in [2.24, 2.45) is 0 Å². The Kier molecular flexibility index (Phi) is 6.50. The number of hydrogen-bond acceptors (Lipinski definition) is 4. The van der Waals surface area contributed by atoms with Crippen molar-refractivity contribution < 1.29 is 27.4 Å². The van der Waals surface area contributed by atoms with Crippen molar-refractivity contribution >= 4 is 6.09 Å². The van der Waals surface area contributed by atoms with Crippen LogP contribution >= 0.6 is 0 Å². The molecule has 0 aliphatic carbocycles. The van der Waals surface area contributed by atoms with Gasteiger partial charge in [0.2, 0.25) is 0 Å². The molecule has 0 bridgehead atoms. The SMILES string of the molecule is CCC1CC(Oc2ccc(-c3ccc(C#N)cc3)cc2)CCN1C(=O)OC(F)(F)F. The fourth-order valence-electron chi connectivity index (χ4n) is 3.56. The molecule has 158 valence electrons. The summed E-state index contributed by atoms with van der Waals surface area (Å²) in [5, 5.41) is 8.88. The summed E-state index contributed by atoms with van der Waals surface area (Å²) >= 11 is 0. The minimum Gasteiger partial charge on any atom is -0.490 e. The molecule has 1 amide bonds. The average molecular weight is 418 g/mol. The Balaban J connectivity index is 1.60. The predicted molar refractivity (Wildman–Crippen MR) is 104 cm³/mol. The fourth-order valence-corrected chi connectivity index (χ4v) is 3.56. The number of carbonyl (C=O) groups excluding carboxylic acids is 1. The molecule has 30 heavy (non-hydrogen) atoms. The normalized spacial score (nSPS) is 19.1. The van der Waals surface area contributed by atoms with Crippen LogP contribution in [0.3, 0.4) is 0 Å². The van der Waals surface area contributed by atoms with Gasteiger partial charge >= 0.3 is 12.5 Å². The van der Waals surface area contributed by atoms with Crippen LogP contribution in [0.4, 0.5) is 18.0 Å². The Morgan fingerprint density at radius 1 is 1.13 bits per heavy atom. The van der Waals surface area contributed by atoms with Crippen LogP contribution in [-0.4, -0.2) is 36.0 Å². The van der Waals surface area contributed by atoms with E-state index in [1.54, 1.807) is 12.1 Å². The highest BCUT2D eigenvalue weighted by molar-refractivity contribution is 5.68. The van der Waals surface area contributed by atoms with E-state index in [4.69, 9.17) is 10.00 Å². The van der Waals surface area contributed by atoms with Crippen LogP contribution < -0.4 is 4.74 Å². The van der Waals surface area contributed by atoms with Gasteiger partial charge in [-0.3, -0.25) is 0 Å². The van der Waals surface area contributed by atoms with E-state index in [1.165, 1.54) is 0 Å². The van der Waals surface area contributed by atoms with Crippen molar-refractivity contribution in [2.75, 3.05) is 6.54 Å². The van der Waals surface area contributed by atoms with Crippen molar-refractivity contribution in [3.8, 4) is 22.9 Å². The Labute approximate surface area is 172 Å². The van der Waals surface area contributed by atoms with Crippen LogP contribution in [-0.2, 0) is 4.74 Å². The van der Waals surface area contributed by atoms with Gasteiger partial charge in [0.25, 0.3) is 0 Å². The molecule has 0 radical (unpaired) electrons. The molecule has 8 heteroatoms. The number of piperidine rings is 1. The van der Waals surface area contributed by atoms with E-state index in [1.807, 2.05) is 43.3 Å². The third-order valence-electron chi connectivity index (χ3n) is 5.08. The minimum absolute atomic E-state index is 0.140. The van der Waals surface area contributed by atoms with Gasteiger partial charge in [0.1, 0.15) is 11.9 Å². The summed E-state index contributed by atoms with van der Waals surface area (Å²) in [4.78, 5) is 12.9. The summed E-state index contributed by atoms with van der Waals surface area (Å²) < 4.78 is 46.6. The molecular weight excluding hydrogens is 397 g/mol. The molecule has 0 saturated carbocycles. The molecule has 1 aliphatic rings. The van der Waals surface area contributed by atoms with E-state index >= 15 is 0 Å². The molecule has 0 N–H and O–H groups in total. The van der Waals surface area contributed by atoms with Crippen LogP contribution in [0.25, 0.3) is 11.1 Å². The summed E-state index contributed by atoms with van der Waals surface area (Å²) in [7, 11) is 0. The van der Waals surface area contributed by atoms with E-state index in [0.29, 0.717) is 30.6 Å². The Morgan fingerprint density at radius 3 is 2.27 bits per heavy atom. The van der Waals surface area contributed by atoms with E-state index < -0.39 is 12.5 Å². The lowest BCUT2D eigenvalue weighted by Crippen LogP contribution is -2.49. The molecule has 3 rings (SSSR count). The van der Waals surface area contributed by atoms with Gasteiger partial charge < -0.3 is 14.4 Å². The maximum absolute atomic E-state index is 12.3. The predicted octanol–water partition coefficient (Wildman–Crippen LogP) is 5.50. The second-order valence-corrected chi connectivity index (χ2v) is 7.05. The zero-order valence-electron chi connectivity index (χ0n) is 16.4. The number of ether oxygens (including phenoxy) is 2. The summed E-state index contributed by atoms with van der Waals surface area (Å²) in [6.45, 7) is 1.95. The molecule has 2 atom stereocenters. The molecule has 2 unspecified atom stereocenters. The van der Waals surface area contributed by atoms with Crippen molar-refractivity contribution in [3.05, 3.63) is 54.1 Å². The number of nitriles is 1. The highest BCUT2D eigenvalue weighted by atomic mass is 19.4. The number of amides is 1. The summed E-state index contributed by atoms with van der Waals surface area (Å²) in [6.07, 6.45) is -5.20. The van der Waals surface area contributed by atoms with Gasteiger partial charge in [-0.2, -0.15) is 5.26 Å². The number of alkyl halides is 3. The van der Waals surface area contributed by atoms with Gasteiger partial charge in [-0.1, -0.05) is 31.2 Å². The summed E-state index contributed by atoms with van der Waals surface area (Å²) in [5.74, 6) is 0.651. The molecule has 2 aromatic rings. The number of hydrogen-bond donors (Lipinski definition) is 0. The van der Waals surface area contributed by atoms with Gasteiger partial charge in [0.05, 0.1) is 11.6 Å². The molecule has 0 aromatic heterocycles. The number of likely N-dealkylation sites (tertiary alicyclic amines) is 1. The van der Waals surface area contributed by atoms with E-state index in [9.17, 15) is 18.0 Å². The second kappa shape index (κ2) is 9.08. The first kappa shape index (κ1) is 21.5. The molecular formula is C22H21F3N2O3. The van der Waals surface area contributed by atoms with Gasteiger partial charge in [0.15, 0.2) is 0 Å². The van der Waals surface area contributed by atoms with Crippen LogP contribution in [0.5, 0.6) is 5.75 Å². The zero-order valence-corrected chi connectivity index (χ0v) is 16.4. The van der Waals surface area contributed by atoms with E-state index in [-0.39, 0.29) is 18.7 Å². The van der Waals surface area contributed by atoms with Crippen LogP contribution in [0.2, 0.25) is 0 Å². The first-order chi connectivity index (χ1) is 14.3. The first-order valence-electron chi connectivity index (χ1n) is 9.62. The van der Waals surface area contributed by atoms with Crippen molar-refractivity contribution in [1.29, 1.82) is 5.26 Å². The molecule has 1 heterocycles. The number of benzene rings is 2. The topological polar surface area (TPSA) is 62.6 Å². The van der Waals surface area contributed by atoms with Gasteiger partial charge in [-0.25, -0.2) is 4.79 Å². The average Bonchev–Trinajstić information content (AvgIpc) is 2.73. The monoisotopic (exact) mass is 418 g/mol. The summed E-state index contributed by atoms with van der Waals surface area (Å²) in [5.41, 5.74) is 2.54. The number of halogens is 3. The second-order valence-electron chi connectivity index (χ2n) is 7.05. The van der Waals surface area contributed by atoms with Crippen LogP contribution in [0.1, 0.15) is 31.7 Å². The van der Waals surface area contributed by atoms with Gasteiger partial charge in [0, 0.05) is 25.4 Å². The molecule has 1 fully saturated rings. The number of nitrogens with zero attached hydrogens (tertiary/aromatic N) is 2. The maximum Gasteiger partial charge on any atom is 0.576 e. The van der Waals surface area contributed by atoms with Crippen molar-refractivity contribution in [3.63, 3.8) is 0 Å². The van der Waals surface area contributed by atoms with Crippen molar-refractivity contribution in [1.82, 2.24) is 4.90 Å². The van der Waals surface area contributed by atoms with Gasteiger partial charge in [-0.05, 0) is 41.8 Å². The quantitative estimate of drug-likeness (QED) is 0.657. The lowest BCUT2D eigenvalue weighted by atomic mass is 9.97. The number of rotatable bonds is 4. The fraction of sp³-hybridized carbons (Fsp3) is 0.364. The highest BCUT2D eigenvalue weighted by Crippen LogP contribution is 2.28. The van der Waals surface area contributed by atoms with Crippen molar-refractivity contribution in [2.45, 2.75) is 44.7 Å². The largest absolute Gasteiger partial charge is 0.576 e. The standard InChI is InChI=1S/C22H21F3N2O3/c1-2-18-13-20(11-12-27(18)21(28)30-22(23,24)25)29-19-9-7-17(8-10-19)16-5-3-15(14-26)4-6-16/h3-10,18,20H,2,11-13H2,1H3. The lowest BCUT2D eigenvalue weighted by molar-refractivity contribution is -0.295. The maximum atomic E-state index is 12.3. The molecule has 1 aliphatic heterocycles. The molecule has 1 saturated heterocycles. The lowest BCUT2D eigenvalue weighted by Gasteiger charge is -2.38. The van der Waals surface area contributed by atoms with E-state index in [0.717, 1.165) is 16.0 Å². The third kappa shape index (κ3) is 5.44.